The van der Waals surface area contributed by atoms with Crippen LogP contribution in [0.5, 0.6) is 5.75 Å². The van der Waals surface area contributed by atoms with Gasteiger partial charge in [0.1, 0.15) is 11.6 Å². The summed E-state index contributed by atoms with van der Waals surface area (Å²) < 4.78 is 21.1. The van der Waals surface area contributed by atoms with E-state index in [9.17, 15) is 4.39 Å². The average molecular weight is 429 g/mol. The molecule has 3 heterocycles. The smallest absolute Gasteiger partial charge is 0.213 e. The molecule has 2 aliphatic rings. The second-order valence-corrected chi connectivity index (χ2v) is 8.78. The Morgan fingerprint density at radius 1 is 1.12 bits per heavy atom. The van der Waals surface area contributed by atoms with Crippen molar-refractivity contribution in [2.24, 2.45) is 5.10 Å². The molecule has 2 aliphatic heterocycles. The summed E-state index contributed by atoms with van der Waals surface area (Å²) in [6.07, 6.45) is 0.366. The molecule has 2 atom stereocenters. The van der Waals surface area contributed by atoms with Crippen molar-refractivity contribution in [2.75, 3.05) is 0 Å². The quantitative estimate of drug-likeness (QED) is 0.507. The Morgan fingerprint density at radius 2 is 2.00 bits per heavy atom. The first-order chi connectivity index (χ1) is 12.7. The zero-order valence-corrected chi connectivity index (χ0v) is 16.0. The molecule has 0 unspecified atom stereocenters. The van der Waals surface area contributed by atoms with E-state index in [1.54, 1.807) is 17.4 Å². The van der Waals surface area contributed by atoms with E-state index in [2.05, 4.69) is 28.1 Å². The van der Waals surface area contributed by atoms with Gasteiger partial charge in [-0.25, -0.2) is 9.40 Å². The Kier molecular flexibility index (Phi) is 3.83. The van der Waals surface area contributed by atoms with Gasteiger partial charge in [-0.05, 0) is 46.3 Å². The Hall–Kier alpha value is -2.18. The van der Waals surface area contributed by atoms with Gasteiger partial charge in [-0.15, -0.1) is 11.3 Å². The average Bonchev–Trinajstić information content (AvgIpc) is 3.27. The van der Waals surface area contributed by atoms with E-state index < -0.39 is 6.23 Å². The van der Waals surface area contributed by atoms with Gasteiger partial charge in [0.2, 0.25) is 6.23 Å². The van der Waals surface area contributed by atoms with Gasteiger partial charge in [-0.3, -0.25) is 0 Å². The number of hydrazone groups is 1. The number of thiophene rings is 1. The maximum atomic E-state index is 13.8. The van der Waals surface area contributed by atoms with Gasteiger partial charge in [-0.2, -0.15) is 5.10 Å². The summed E-state index contributed by atoms with van der Waals surface area (Å²) in [6, 6.07) is 18.8. The zero-order valence-electron chi connectivity index (χ0n) is 13.6. The summed E-state index contributed by atoms with van der Waals surface area (Å²) in [5, 5.41) is 6.84. The number of para-hydroxylation sites is 1. The van der Waals surface area contributed by atoms with E-state index in [-0.39, 0.29) is 11.9 Å². The number of nitrogens with zero attached hydrogens (tertiary/aromatic N) is 2. The predicted octanol–water partition coefficient (Wildman–Crippen LogP) is 5.89. The molecule has 0 spiro atoms. The Labute approximate surface area is 162 Å². The van der Waals surface area contributed by atoms with Crippen LogP contribution in [0.15, 0.2) is 69.6 Å². The second-order valence-electron chi connectivity index (χ2n) is 6.31. The highest BCUT2D eigenvalue weighted by atomic mass is 79.9. The summed E-state index contributed by atoms with van der Waals surface area (Å²) in [5.74, 6) is 0.568. The summed E-state index contributed by atoms with van der Waals surface area (Å²) >= 11 is 5.19. The van der Waals surface area contributed by atoms with Gasteiger partial charge < -0.3 is 4.74 Å². The maximum absolute atomic E-state index is 13.8. The molecule has 3 aromatic rings. The maximum Gasteiger partial charge on any atom is 0.213 e. The third-order valence-corrected chi connectivity index (χ3v) is 6.36. The lowest BCUT2D eigenvalue weighted by Crippen LogP contribution is -2.33. The van der Waals surface area contributed by atoms with Crippen molar-refractivity contribution in [1.29, 1.82) is 0 Å². The first kappa shape index (κ1) is 16.0. The lowest BCUT2D eigenvalue weighted by atomic mass is 9.98. The van der Waals surface area contributed by atoms with Crippen LogP contribution < -0.4 is 4.74 Å². The molecule has 0 aliphatic carbocycles. The van der Waals surface area contributed by atoms with Crippen molar-refractivity contribution < 1.29 is 9.13 Å². The van der Waals surface area contributed by atoms with Crippen molar-refractivity contribution in [1.82, 2.24) is 5.01 Å². The van der Waals surface area contributed by atoms with Crippen LogP contribution >= 0.6 is 27.3 Å². The van der Waals surface area contributed by atoms with Crippen LogP contribution in [0, 0.1) is 5.82 Å². The first-order valence-electron chi connectivity index (χ1n) is 8.31. The summed E-state index contributed by atoms with van der Waals surface area (Å²) in [7, 11) is 0. The number of hydrogen-bond acceptors (Lipinski definition) is 4. The summed E-state index contributed by atoms with van der Waals surface area (Å²) in [5.41, 5.74) is 2.92. The van der Waals surface area contributed by atoms with E-state index in [4.69, 9.17) is 9.84 Å². The Balaban J connectivity index is 1.61. The van der Waals surface area contributed by atoms with Crippen LogP contribution in [0.2, 0.25) is 0 Å². The molecule has 0 N–H and O–H groups in total. The van der Waals surface area contributed by atoms with Gasteiger partial charge in [0, 0.05) is 17.5 Å². The molecule has 26 heavy (non-hydrogen) atoms. The van der Waals surface area contributed by atoms with Crippen LogP contribution in [0.4, 0.5) is 4.39 Å². The first-order valence-corrected chi connectivity index (χ1v) is 9.92. The van der Waals surface area contributed by atoms with Crippen LogP contribution in [0.3, 0.4) is 0 Å². The van der Waals surface area contributed by atoms with E-state index in [1.165, 1.54) is 12.1 Å². The van der Waals surface area contributed by atoms with Crippen LogP contribution in [-0.2, 0) is 0 Å². The number of halogens is 2. The largest absolute Gasteiger partial charge is 0.464 e. The van der Waals surface area contributed by atoms with Crippen molar-refractivity contribution in [3.05, 3.63) is 86.3 Å². The molecule has 130 valence electrons. The third-order valence-electron chi connectivity index (χ3n) is 4.69. The van der Waals surface area contributed by atoms with Crippen molar-refractivity contribution >= 4 is 33.0 Å². The molecule has 0 saturated carbocycles. The molecule has 3 nitrogen and oxygen atoms in total. The molecule has 0 saturated heterocycles. The minimum absolute atomic E-state index is 0.0871. The van der Waals surface area contributed by atoms with Crippen LogP contribution in [0.1, 0.15) is 34.7 Å². The summed E-state index contributed by atoms with van der Waals surface area (Å²) in [6.45, 7) is 0. The lowest BCUT2D eigenvalue weighted by Gasteiger charge is -2.38. The number of hydrogen-bond donors (Lipinski definition) is 0. The van der Waals surface area contributed by atoms with E-state index >= 15 is 0 Å². The predicted molar refractivity (Wildman–Crippen MR) is 104 cm³/mol. The number of fused-ring (bicyclic) bond motifs is 3. The minimum Gasteiger partial charge on any atom is -0.464 e. The Morgan fingerprint density at radius 3 is 2.81 bits per heavy atom. The number of ether oxygens (including phenoxy) is 1. The van der Waals surface area contributed by atoms with Crippen molar-refractivity contribution in [3.63, 3.8) is 0 Å². The molecule has 0 amide bonds. The molecular weight excluding hydrogens is 415 g/mol. The standard InChI is InChI=1S/C20H14BrFN2OS/c21-19-9-8-18(26-19)15-11-16-14-6-1-2-7-17(14)25-20(24(16)23-15)12-4-3-5-13(22)10-12/h1-10,16,20H,11H2/t16-,20-/m1/s1. The number of rotatable bonds is 2. The van der Waals surface area contributed by atoms with Gasteiger partial charge in [0.05, 0.1) is 20.4 Å². The highest BCUT2D eigenvalue weighted by Gasteiger charge is 2.41. The van der Waals surface area contributed by atoms with E-state index in [1.807, 2.05) is 35.3 Å². The Bertz CT molecular complexity index is 1020. The van der Waals surface area contributed by atoms with Gasteiger partial charge >= 0.3 is 0 Å². The molecule has 6 heteroatoms. The number of benzene rings is 2. The normalized spacial score (nSPS) is 21.0. The van der Waals surface area contributed by atoms with Crippen molar-refractivity contribution in [3.8, 4) is 5.75 Å². The fourth-order valence-electron chi connectivity index (χ4n) is 3.53. The molecule has 2 aromatic carbocycles. The van der Waals surface area contributed by atoms with Gasteiger partial charge in [0.25, 0.3) is 0 Å². The fourth-order valence-corrected chi connectivity index (χ4v) is 4.91. The summed E-state index contributed by atoms with van der Waals surface area (Å²) in [4.78, 5) is 1.14. The SMILES string of the molecule is Fc1cccc([C@H]2Oc3ccccc3[C@H]3CC(c4ccc(Br)s4)=NN32)c1. The highest BCUT2D eigenvalue weighted by molar-refractivity contribution is 9.11. The zero-order chi connectivity index (χ0) is 17.7. The van der Waals surface area contributed by atoms with Gasteiger partial charge in [-0.1, -0.05) is 30.3 Å². The lowest BCUT2D eigenvalue weighted by molar-refractivity contribution is -0.0192. The second kappa shape index (κ2) is 6.21. The highest BCUT2D eigenvalue weighted by Crippen LogP contribution is 2.47. The molecule has 1 aromatic heterocycles. The molecular formula is C20H14BrFN2OS. The van der Waals surface area contributed by atoms with E-state index in [0.717, 1.165) is 37.7 Å². The van der Waals surface area contributed by atoms with Crippen LogP contribution in [-0.4, -0.2) is 10.7 Å². The van der Waals surface area contributed by atoms with Gasteiger partial charge in [0.15, 0.2) is 0 Å². The van der Waals surface area contributed by atoms with Crippen molar-refractivity contribution in [2.45, 2.75) is 18.7 Å². The molecule has 0 fully saturated rings. The molecule has 5 rings (SSSR count). The monoisotopic (exact) mass is 428 g/mol. The third kappa shape index (κ3) is 2.64. The van der Waals surface area contributed by atoms with Crippen LogP contribution in [0.25, 0.3) is 0 Å². The minimum atomic E-state index is -0.438. The molecule has 0 bridgehead atoms. The molecule has 0 radical (unpaired) electrons. The van der Waals surface area contributed by atoms with E-state index in [0.29, 0.717) is 0 Å². The topological polar surface area (TPSA) is 24.8 Å². The fraction of sp³-hybridized carbons (Fsp3) is 0.150.